The van der Waals surface area contributed by atoms with Gasteiger partial charge in [0, 0.05) is 26.1 Å². The predicted molar refractivity (Wildman–Crippen MR) is 88.4 cm³/mol. The number of furan rings is 1. The van der Waals surface area contributed by atoms with Gasteiger partial charge >= 0.3 is 0 Å². The molecule has 3 rings (SSSR count). The zero-order valence-electron chi connectivity index (χ0n) is 13.1. The number of aryl methyl sites for hydroxylation is 1. The number of hydrogen-bond acceptors (Lipinski definition) is 4. The highest BCUT2D eigenvalue weighted by Crippen LogP contribution is 2.11. The number of rotatable bonds is 7. The average molecular weight is 326 g/mol. The maximum absolute atomic E-state index is 11.9. The van der Waals surface area contributed by atoms with Gasteiger partial charge in [-0.15, -0.1) is 0 Å². The van der Waals surface area contributed by atoms with Crippen molar-refractivity contribution in [3.05, 3.63) is 54.7 Å². The van der Waals surface area contributed by atoms with E-state index in [1.807, 2.05) is 28.8 Å². The zero-order valence-corrected chi connectivity index (χ0v) is 13.1. The Morgan fingerprint density at radius 1 is 1.08 bits per heavy atom. The Bertz CT molecular complexity index is 823. The molecule has 0 saturated heterocycles. The van der Waals surface area contributed by atoms with Crippen molar-refractivity contribution in [2.24, 2.45) is 0 Å². The SMILES string of the molecule is O=C(CCn1cnc2ccccc21)NCCNC(=O)c1ccco1. The van der Waals surface area contributed by atoms with Crippen LogP contribution in [0, 0.1) is 0 Å². The number of amides is 2. The van der Waals surface area contributed by atoms with Crippen molar-refractivity contribution in [1.82, 2.24) is 20.2 Å². The van der Waals surface area contributed by atoms with Gasteiger partial charge in [-0.3, -0.25) is 9.59 Å². The minimum Gasteiger partial charge on any atom is -0.459 e. The lowest BCUT2D eigenvalue weighted by molar-refractivity contribution is -0.121. The molecule has 7 nitrogen and oxygen atoms in total. The number of aromatic nitrogens is 2. The predicted octanol–water partition coefficient (Wildman–Crippen LogP) is 1.57. The first kappa shape index (κ1) is 15.8. The van der Waals surface area contributed by atoms with Crippen LogP contribution in [0.25, 0.3) is 11.0 Å². The Morgan fingerprint density at radius 3 is 2.75 bits per heavy atom. The van der Waals surface area contributed by atoms with Gasteiger partial charge < -0.3 is 19.6 Å². The Labute approximate surface area is 138 Å². The molecule has 0 bridgehead atoms. The van der Waals surface area contributed by atoms with Gasteiger partial charge in [0.2, 0.25) is 5.91 Å². The molecular weight excluding hydrogens is 308 g/mol. The number of nitrogens with zero attached hydrogens (tertiary/aromatic N) is 2. The van der Waals surface area contributed by atoms with E-state index in [0.29, 0.717) is 26.1 Å². The summed E-state index contributed by atoms with van der Waals surface area (Å²) in [5.41, 5.74) is 1.93. The standard InChI is InChI=1S/C17H18N4O3/c22-16(18-8-9-19-17(23)15-6-3-11-24-15)7-10-21-12-20-13-4-1-2-5-14(13)21/h1-6,11-12H,7-10H2,(H,18,22)(H,19,23). The summed E-state index contributed by atoms with van der Waals surface area (Å²) in [6.45, 7) is 1.28. The van der Waals surface area contributed by atoms with E-state index in [9.17, 15) is 9.59 Å². The van der Waals surface area contributed by atoms with E-state index >= 15 is 0 Å². The first-order valence-corrected chi connectivity index (χ1v) is 7.72. The van der Waals surface area contributed by atoms with E-state index in [1.54, 1.807) is 18.5 Å². The number of para-hydroxylation sites is 2. The van der Waals surface area contributed by atoms with Crippen molar-refractivity contribution in [2.75, 3.05) is 13.1 Å². The summed E-state index contributed by atoms with van der Waals surface area (Å²) in [5, 5.41) is 5.45. The number of carbonyl (C=O) groups is 2. The number of carbonyl (C=O) groups excluding carboxylic acids is 2. The number of benzene rings is 1. The van der Waals surface area contributed by atoms with Crippen molar-refractivity contribution in [2.45, 2.75) is 13.0 Å². The van der Waals surface area contributed by atoms with Crippen LogP contribution in [-0.4, -0.2) is 34.5 Å². The molecular formula is C17H18N4O3. The molecule has 0 radical (unpaired) electrons. The third-order valence-corrected chi connectivity index (χ3v) is 3.58. The summed E-state index contributed by atoms with van der Waals surface area (Å²) < 4.78 is 6.93. The maximum Gasteiger partial charge on any atom is 0.287 e. The van der Waals surface area contributed by atoms with E-state index < -0.39 is 0 Å². The van der Waals surface area contributed by atoms with Gasteiger partial charge in [0.1, 0.15) is 0 Å². The van der Waals surface area contributed by atoms with E-state index in [-0.39, 0.29) is 17.6 Å². The van der Waals surface area contributed by atoms with Gasteiger partial charge in [0.05, 0.1) is 23.6 Å². The molecule has 0 spiro atoms. The molecule has 3 aromatic rings. The molecule has 0 unspecified atom stereocenters. The van der Waals surface area contributed by atoms with Crippen molar-refractivity contribution in [3.63, 3.8) is 0 Å². The summed E-state index contributed by atoms with van der Waals surface area (Å²) in [6, 6.07) is 11.0. The van der Waals surface area contributed by atoms with Crippen LogP contribution >= 0.6 is 0 Å². The third kappa shape index (κ3) is 3.81. The fraction of sp³-hybridized carbons (Fsp3) is 0.235. The van der Waals surface area contributed by atoms with Gasteiger partial charge in [-0.25, -0.2) is 4.98 Å². The highest BCUT2D eigenvalue weighted by Gasteiger charge is 2.08. The van der Waals surface area contributed by atoms with Crippen LogP contribution in [-0.2, 0) is 11.3 Å². The van der Waals surface area contributed by atoms with E-state index in [2.05, 4.69) is 15.6 Å². The quantitative estimate of drug-likeness (QED) is 0.645. The van der Waals surface area contributed by atoms with Crippen molar-refractivity contribution in [1.29, 1.82) is 0 Å². The average Bonchev–Trinajstić information content (AvgIpc) is 3.26. The molecule has 0 atom stereocenters. The van der Waals surface area contributed by atoms with Crippen molar-refractivity contribution < 1.29 is 14.0 Å². The summed E-state index contributed by atoms with van der Waals surface area (Å²) >= 11 is 0. The lowest BCUT2D eigenvalue weighted by Gasteiger charge is -2.07. The molecule has 2 aromatic heterocycles. The van der Waals surface area contributed by atoms with Crippen LogP contribution in [0.5, 0.6) is 0 Å². The lowest BCUT2D eigenvalue weighted by atomic mass is 10.3. The minimum absolute atomic E-state index is 0.0694. The zero-order chi connectivity index (χ0) is 16.8. The van der Waals surface area contributed by atoms with Crippen LogP contribution in [0.4, 0.5) is 0 Å². The molecule has 124 valence electrons. The Balaban J connectivity index is 1.38. The van der Waals surface area contributed by atoms with Gasteiger partial charge in [-0.2, -0.15) is 0 Å². The van der Waals surface area contributed by atoms with Crippen LogP contribution in [0.2, 0.25) is 0 Å². The lowest BCUT2D eigenvalue weighted by Crippen LogP contribution is -2.34. The number of nitrogens with one attached hydrogen (secondary N) is 2. The first-order chi connectivity index (χ1) is 11.7. The molecule has 0 aliphatic heterocycles. The minimum atomic E-state index is -0.292. The van der Waals surface area contributed by atoms with Gasteiger partial charge in [0.25, 0.3) is 5.91 Å². The monoisotopic (exact) mass is 326 g/mol. The largest absolute Gasteiger partial charge is 0.459 e. The Kier molecular flexibility index (Phi) is 4.90. The van der Waals surface area contributed by atoms with Gasteiger partial charge in [0.15, 0.2) is 5.76 Å². The molecule has 0 aliphatic rings. The molecule has 2 amide bonds. The first-order valence-electron chi connectivity index (χ1n) is 7.72. The van der Waals surface area contributed by atoms with Crippen LogP contribution < -0.4 is 10.6 Å². The maximum atomic E-state index is 11.9. The number of fused-ring (bicyclic) bond motifs is 1. The fourth-order valence-electron chi connectivity index (χ4n) is 2.37. The smallest absolute Gasteiger partial charge is 0.287 e. The fourth-order valence-corrected chi connectivity index (χ4v) is 2.37. The molecule has 2 heterocycles. The van der Waals surface area contributed by atoms with E-state index in [1.165, 1.54) is 6.26 Å². The summed E-state index contributed by atoms with van der Waals surface area (Å²) in [5.74, 6) is -0.104. The van der Waals surface area contributed by atoms with Gasteiger partial charge in [-0.05, 0) is 24.3 Å². The summed E-state index contributed by atoms with van der Waals surface area (Å²) in [6.07, 6.45) is 3.53. The molecule has 2 N–H and O–H groups in total. The van der Waals surface area contributed by atoms with E-state index in [0.717, 1.165) is 11.0 Å². The van der Waals surface area contributed by atoms with Crippen molar-refractivity contribution >= 4 is 22.8 Å². The Morgan fingerprint density at radius 2 is 1.92 bits per heavy atom. The van der Waals surface area contributed by atoms with E-state index in [4.69, 9.17) is 4.42 Å². The Hall–Kier alpha value is -3.09. The highest BCUT2D eigenvalue weighted by atomic mass is 16.3. The van der Waals surface area contributed by atoms with Crippen LogP contribution in [0.15, 0.2) is 53.4 Å². The van der Waals surface area contributed by atoms with Crippen LogP contribution in [0.1, 0.15) is 17.0 Å². The number of hydrogen-bond donors (Lipinski definition) is 2. The summed E-state index contributed by atoms with van der Waals surface area (Å²) in [4.78, 5) is 27.8. The topological polar surface area (TPSA) is 89.2 Å². The molecule has 0 saturated carbocycles. The highest BCUT2D eigenvalue weighted by molar-refractivity contribution is 5.91. The molecule has 7 heteroatoms. The molecule has 0 aliphatic carbocycles. The molecule has 1 aromatic carbocycles. The van der Waals surface area contributed by atoms with Gasteiger partial charge in [-0.1, -0.05) is 12.1 Å². The third-order valence-electron chi connectivity index (χ3n) is 3.58. The van der Waals surface area contributed by atoms with Crippen molar-refractivity contribution in [3.8, 4) is 0 Å². The van der Waals surface area contributed by atoms with Crippen LogP contribution in [0.3, 0.4) is 0 Å². The summed E-state index contributed by atoms with van der Waals surface area (Å²) in [7, 11) is 0. The second kappa shape index (κ2) is 7.45. The number of imidazole rings is 1. The second-order valence-corrected chi connectivity index (χ2v) is 5.26. The normalized spacial score (nSPS) is 10.7. The molecule has 0 fully saturated rings. The second-order valence-electron chi connectivity index (χ2n) is 5.26. The molecule has 24 heavy (non-hydrogen) atoms.